The summed E-state index contributed by atoms with van der Waals surface area (Å²) in [5, 5.41) is 16.4. The lowest BCUT2D eigenvalue weighted by atomic mass is 9.91. The smallest absolute Gasteiger partial charge is 0.247 e. The number of sulfonamides is 1. The van der Waals surface area contributed by atoms with Gasteiger partial charge in [-0.3, -0.25) is 0 Å². The van der Waals surface area contributed by atoms with Crippen molar-refractivity contribution >= 4 is 31.2 Å². The Morgan fingerprint density at radius 2 is 1.96 bits per heavy atom. The Kier molecular flexibility index (Phi) is 5.39. The molecular formula is C17H22N2O5S3. The number of primary sulfonamides is 1. The van der Waals surface area contributed by atoms with E-state index in [-0.39, 0.29) is 8.42 Å². The molecule has 3 N–H and O–H groups in total. The second-order valence-electron chi connectivity index (χ2n) is 7.11. The lowest BCUT2D eigenvalue weighted by Crippen LogP contribution is -2.17. The maximum Gasteiger partial charge on any atom is 0.247 e. The molecule has 0 amide bonds. The maximum absolute atomic E-state index is 12.6. The third kappa shape index (κ3) is 4.52. The molecule has 2 heterocycles. The van der Waals surface area contributed by atoms with Crippen molar-refractivity contribution in [2.45, 2.75) is 34.1 Å². The molecule has 0 atom stereocenters. The highest BCUT2D eigenvalue weighted by Crippen LogP contribution is 2.38. The van der Waals surface area contributed by atoms with Crippen LogP contribution in [0, 0.1) is 0 Å². The van der Waals surface area contributed by atoms with Gasteiger partial charge in [0, 0.05) is 23.9 Å². The molecule has 7 nitrogen and oxygen atoms in total. The molecule has 1 aliphatic carbocycles. The molecule has 1 aromatic heterocycles. The van der Waals surface area contributed by atoms with Crippen LogP contribution in [-0.4, -0.2) is 47.5 Å². The van der Waals surface area contributed by atoms with E-state index in [9.17, 15) is 21.9 Å². The summed E-state index contributed by atoms with van der Waals surface area (Å²) < 4.78 is 48.1. The summed E-state index contributed by atoms with van der Waals surface area (Å²) in [7, 11) is -3.79. The Morgan fingerprint density at radius 3 is 2.59 bits per heavy atom. The maximum atomic E-state index is 12.6. The highest BCUT2D eigenvalue weighted by Gasteiger charge is 2.29. The number of aliphatic hydroxyl groups excluding tert-OH is 1. The molecule has 148 valence electrons. The van der Waals surface area contributed by atoms with E-state index in [1.165, 1.54) is 11.5 Å². The van der Waals surface area contributed by atoms with Gasteiger partial charge in [-0.2, -0.15) is 0 Å². The van der Waals surface area contributed by atoms with E-state index in [0.717, 1.165) is 11.1 Å². The number of thiophene rings is 1. The van der Waals surface area contributed by atoms with Crippen LogP contribution in [0.3, 0.4) is 0 Å². The van der Waals surface area contributed by atoms with Crippen LogP contribution in [0.5, 0.6) is 0 Å². The minimum absolute atomic E-state index is 0.0544. The van der Waals surface area contributed by atoms with E-state index in [1.807, 2.05) is 25.1 Å². The zero-order valence-corrected chi connectivity index (χ0v) is 17.5. The largest absolute Gasteiger partial charge is 0.512 e. The van der Waals surface area contributed by atoms with Crippen molar-refractivity contribution in [2.75, 3.05) is 20.6 Å². The molecule has 0 fully saturated rings. The summed E-state index contributed by atoms with van der Waals surface area (Å²) in [5.74, 6) is 0.371. The summed E-state index contributed by atoms with van der Waals surface area (Å²) in [5.41, 5.74) is 3.08. The van der Waals surface area contributed by atoms with Crippen LogP contribution in [0.25, 0.3) is 0 Å². The molecule has 0 unspecified atom stereocenters. The van der Waals surface area contributed by atoms with Crippen molar-refractivity contribution in [1.29, 1.82) is 0 Å². The van der Waals surface area contributed by atoms with Crippen molar-refractivity contribution in [3.05, 3.63) is 45.6 Å². The topological polar surface area (TPSA) is 118 Å². The van der Waals surface area contributed by atoms with Gasteiger partial charge in [0.25, 0.3) is 0 Å². The van der Waals surface area contributed by atoms with Gasteiger partial charge >= 0.3 is 0 Å². The van der Waals surface area contributed by atoms with E-state index in [4.69, 9.17) is 5.14 Å². The fraction of sp³-hybridized carbons (Fsp3) is 0.412. The van der Waals surface area contributed by atoms with E-state index >= 15 is 0 Å². The molecule has 10 heteroatoms. The van der Waals surface area contributed by atoms with E-state index in [1.54, 1.807) is 0 Å². The molecule has 0 radical (unpaired) electrons. The van der Waals surface area contributed by atoms with Gasteiger partial charge in [-0.15, -0.1) is 11.3 Å². The van der Waals surface area contributed by atoms with Gasteiger partial charge in [-0.05, 0) is 50.6 Å². The Balaban J connectivity index is 1.87. The van der Waals surface area contributed by atoms with Crippen LogP contribution in [0.4, 0.5) is 0 Å². The summed E-state index contributed by atoms with van der Waals surface area (Å²) in [6.45, 7) is 0.610. The van der Waals surface area contributed by atoms with Crippen LogP contribution in [0.2, 0.25) is 0 Å². The highest BCUT2D eigenvalue weighted by atomic mass is 32.3. The van der Waals surface area contributed by atoms with Crippen LogP contribution < -0.4 is 5.14 Å². The number of hydrogen-bond donors (Lipinski definition) is 2. The first-order chi connectivity index (χ1) is 12.5. The minimum Gasteiger partial charge on any atom is -0.512 e. The molecule has 2 aliphatic rings. The van der Waals surface area contributed by atoms with Crippen LogP contribution >= 0.6 is 11.3 Å². The Bertz CT molecular complexity index is 1070. The lowest BCUT2D eigenvalue weighted by molar-refractivity contribution is 0.363. The summed E-state index contributed by atoms with van der Waals surface area (Å²) in [4.78, 5) is 1.96. The SMILES string of the molecule is CN(C)CC1=C(O)CCC(CC2=CS(=O)(=O)c3sc(S(N)(=O)=O)cc3C2)=C1. The summed E-state index contributed by atoms with van der Waals surface area (Å²) >= 11 is 0.699. The first-order valence-corrected chi connectivity index (χ1v) is 12.2. The van der Waals surface area contributed by atoms with Crippen LogP contribution in [0.1, 0.15) is 24.8 Å². The van der Waals surface area contributed by atoms with E-state index < -0.39 is 19.9 Å². The Morgan fingerprint density at radius 1 is 1.26 bits per heavy atom. The summed E-state index contributed by atoms with van der Waals surface area (Å²) in [6.07, 6.45) is 3.98. The number of aliphatic hydroxyl groups is 1. The molecule has 1 aliphatic heterocycles. The van der Waals surface area contributed by atoms with E-state index in [0.29, 0.717) is 60.5 Å². The molecule has 0 saturated carbocycles. The number of sulfone groups is 1. The summed E-state index contributed by atoms with van der Waals surface area (Å²) in [6, 6.07) is 1.36. The normalized spacial score (nSPS) is 19.7. The lowest BCUT2D eigenvalue weighted by Gasteiger charge is -2.21. The first kappa shape index (κ1) is 20.3. The second-order valence-corrected chi connectivity index (χ2v) is 11.9. The number of hydrogen-bond acceptors (Lipinski definition) is 7. The van der Waals surface area contributed by atoms with Gasteiger partial charge in [0.05, 0.1) is 5.76 Å². The fourth-order valence-corrected chi connectivity index (χ4v) is 7.22. The fourth-order valence-electron chi connectivity index (χ4n) is 3.31. The second kappa shape index (κ2) is 7.17. The molecule has 1 aromatic rings. The van der Waals surface area contributed by atoms with Gasteiger partial charge in [-0.25, -0.2) is 22.0 Å². The quantitative estimate of drug-likeness (QED) is 0.739. The van der Waals surface area contributed by atoms with Crippen molar-refractivity contribution < 1.29 is 21.9 Å². The minimum atomic E-state index is -3.94. The molecule has 0 aromatic carbocycles. The van der Waals surface area contributed by atoms with Crippen LogP contribution in [0.15, 0.2) is 48.4 Å². The predicted octanol–water partition coefficient (Wildman–Crippen LogP) is 2.09. The molecule has 3 rings (SSSR count). The molecule has 0 saturated heterocycles. The zero-order valence-electron chi connectivity index (χ0n) is 15.1. The van der Waals surface area contributed by atoms with Crippen molar-refractivity contribution in [1.82, 2.24) is 4.90 Å². The van der Waals surface area contributed by atoms with Gasteiger partial charge in [-0.1, -0.05) is 11.6 Å². The number of fused-ring (bicyclic) bond motifs is 1. The number of rotatable bonds is 5. The number of nitrogens with zero attached hydrogens (tertiary/aromatic N) is 1. The number of allylic oxidation sites excluding steroid dienone is 3. The molecule has 27 heavy (non-hydrogen) atoms. The predicted molar refractivity (Wildman–Crippen MR) is 105 cm³/mol. The highest BCUT2D eigenvalue weighted by molar-refractivity contribution is 7.97. The van der Waals surface area contributed by atoms with Crippen molar-refractivity contribution in [3.63, 3.8) is 0 Å². The van der Waals surface area contributed by atoms with Gasteiger partial charge < -0.3 is 10.0 Å². The van der Waals surface area contributed by atoms with Gasteiger partial charge in [0.15, 0.2) is 0 Å². The number of nitrogens with two attached hydrogens (primary N) is 1. The third-order valence-electron chi connectivity index (χ3n) is 4.40. The number of likely N-dealkylation sites (N-methyl/N-ethyl adjacent to an activating group) is 1. The van der Waals surface area contributed by atoms with Crippen LogP contribution in [-0.2, 0) is 26.3 Å². The molecule has 0 bridgehead atoms. The third-order valence-corrected chi connectivity index (χ3v) is 9.16. The average molecular weight is 431 g/mol. The zero-order chi connectivity index (χ0) is 20.0. The van der Waals surface area contributed by atoms with Crippen molar-refractivity contribution in [2.24, 2.45) is 5.14 Å². The van der Waals surface area contributed by atoms with Gasteiger partial charge in [0.2, 0.25) is 19.9 Å². The van der Waals surface area contributed by atoms with Crippen molar-refractivity contribution in [3.8, 4) is 0 Å². The Hall–Kier alpha value is -1.46. The molecule has 0 spiro atoms. The Labute approximate surface area is 163 Å². The van der Waals surface area contributed by atoms with E-state index in [2.05, 4.69) is 0 Å². The monoisotopic (exact) mass is 430 g/mol. The standard InChI is InChI=1S/C17H22N2O5S3/c1-19(2)9-14-6-11(3-4-15(14)20)5-12-7-13-8-16(27(18,23)24)25-17(13)26(21,22)10-12/h6,8,10,20H,3-5,7,9H2,1-2H3,(H2,18,23,24). The molecular weight excluding hydrogens is 408 g/mol. The van der Waals surface area contributed by atoms with Gasteiger partial charge in [0.1, 0.15) is 8.42 Å². The first-order valence-electron chi connectivity index (χ1n) is 8.31. The average Bonchev–Trinajstić information content (AvgIpc) is 2.95.